The second kappa shape index (κ2) is 6.72. The summed E-state index contributed by atoms with van der Waals surface area (Å²) >= 11 is 0. The largest absolute Gasteiger partial charge is 0.369 e. The minimum Gasteiger partial charge on any atom is -0.369 e. The molecule has 0 aliphatic rings. The second-order valence-electron chi connectivity index (χ2n) is 4.54. The summed E-state index contributed by atoms with van der Waals surface area (Å²) < 4.78 is 19.6. The lowest BCUT2D eigenvalue weighted by Crippen LogP contribution is -2.30. The van der Waals surface area contributed by atoms with Crippen molar-refractivity contribution in [1.29, 1.82) is 0 Å². The summed E-state index contributed by atoms with van der Waals surface area (Å²) in [5, 5.41) is 0. The van der Waals surface area contributed by atoms with E-state index in [9.17, 15) is 4.39 Å². The molecule has 0 fully saturated rings. The first-order chi connectivity index (χ1) is 8.06. The monoisotopic (exact) mass is 239 g/mol. The van der Waals surface area contributed by atoms with E-state index < -0.39 is 0 Å². The molecule has 96 valence electrons. The van der Waals surface area contributed by atoms with Crippen LogP contribution in [0.4, 0.5) is 4.39 Å². The molecule has 2 N–H and O–H groups in total. The fourth-order valence-electron chi connectivity index (χ4n) is 1.91. The number of hydrogen-bond donors (Lipinski definition) is 1. The van der Waals surface area contributed by atoms with Crippen molar-refractivity contribution in [1.82, 2.24) is 0 Å². The van der Waals surface area contributed by atoms with Crippen molar-refractivity contribution in [2.75, 3.05) is 0 Å². The van der Waals surface area contributed by atoms with E-state index in [-0.39, 0.29) is 24.1 Å². The van der Waals surface area contributed by atoms with Gasteiger partial charge in [-0.3, -0.25) is 0 Å². The zero-order valence-corrected chi connectivity index (χ0v) is 10.8. The van der Waals surface area contributed by atoms with Crippen LogP contribution >= 0.6 is 0 Å². The van der Waals surface area contributed by atoms with Gasteiger partial charge in [0.2, 0.25) is 0 Å². The van der Waals surface area contributed by atoms with Crippen molar-refractivity contribution in [3.63, 3.8) is 0 Å². The topological polar surface area (TPSA) is 35.2 Å². The minimum atomic E-state index is -0.377. The Labute approximate surface area is 103 Å². The third-order valence-electron chi connectivity index (χ3n) is 2.76. The second-order valence-corrected chi connectivity index (χ2v) is 4.54. The summed E-state index contributed by atoms with van der Waals surface area (Å²) in [5.74, 6) is -0.251. The van der Waals surface area contributed by atoms with Crippen LogP contribution in [0.5, 0.6) is 0 Å². The summed E-state index contributed by atoms with van der Waals surface area (Å²) in [7, 11) is 0. The van der Waals surface area contributed by atoms with Crippen LogP contribution in [0.2, 0.25) is 0 Å². The zero-order valence-electron chi connectivity index (χ0n) is 10.8. The van der Waals surface area contributed by atoms with E-state index in [1.54, 1.807) is 12.1 Å². The fraction of sp³-hybridized carbons (Fsp3) is 0.571. The lowest BCUT2D eigenvalue weighted by Gasteiger charge is -2.26. The highest BCUT2D eigenvalue weighted by Crippen LogP contribution is 2.25. The molecule has 3 heteroatoms. The maximum absolute atomic E-state index is 13.7. The van der Waals surface area contributed by atoms with Gasteiger partial charge in [0.15, 0.2) is 0 Å². The molecule has 1 rings (SSSR count). The smallest absolute Gasteiger partial charge is 0.129 e. The Morgan fingerprint density at radius 3 is 2.47 bits per heavy atom. The van der Waals surface area contributed by atoms with Gasteiger partial charge < -0.3 is 10.5 Å². The Hall–Kier alpha value is -0.930. The molecule has 17 heavy (non-hydrogen) atoms. The van der Waals surface area contributed by atoms with E-state index >= 15 is 0 Å². The predicted molar refractivity (Wildman–Crippen MR) is 68.2 cm³/mol. The molecule has 0 radical (unpaired) electrons. The highest BCUT2D eigenvalue weighted by atomic mass is 19.1. The number of rotatable bonds is 6. The van der Waals surface area contributed by atoms with E-state index in [2.05, 4.69) is 6.92 Å². The standard InChI is InChI=1S/C14H22FNO/c1-4-7-10(2)17-14(11(3)16)12-8-5-6-9-13(12)15/h5-6,8-11,14H,4,7,16H2,1-3H3. The lowest BCUT2D eigenvalue weighted by atomic mass is 10.0. The summed E-state index contributed by atoms with van der Waals surface area (Å²) in [6, 6.07) is 6.43. The molecular weight excluding hydrogens is 217 g/mol. The Morgan fingerprint density at radius 2 is 1.94 bits per heavy atom. The number of ether oxygens (including phenoxy) is 1. The Balaban J connectivity index is 2.83. The SMILES string of the molecule is CCCC(C)OC(c1ccccc1F)C(C)N. The molecule has 0 aliphatic heterocycles. The molecule has 3 atom stereocenters. The van der Waals surface area contributed by atoms with E-state index in [0.29, 0.717) is 5.56 Å². The minimum absolute atomic E-state index is 0.0932. The molecule has 0 aromatic heterocycles. The van der Waals surface area contributed by atoms with Crippen LogP contribution in [0.25, 0.3) is 0 Å². The Bertz CT molecular complexity index is 341. The first kappa shape index (κ1) is 14.1. The van der Waals surface area contributed by atoms with Crippen LogP contribution in [-0.4, -0.2) is 12.1 Å². The van der Waals surface area contributed by atoms with Crippen LogP contribution in [0.1, 0.15) is 45.3 Å². The molecule has 0 heterocycles. The highest BCUT2D eigenvalue weighted by molar-refractivity contribution is 5.21. The van der Waals surface area contributed by atoms with E-state index in [1.807, 2.05) is 19.9 Å². The van der Waals surface area contributed by atoms with Crippen molar-refractivity contribution < 1.29 is 9.13 Å². The molecular formula is C14H22FNO. The molecule has 0 aliphatic carbocycles. The van der Waals surface area contributed by atoms with Crippen LogP contribution in [0, 0.1) is 5.82 Å². The molecule has 2 nitrogen and oxygen atoms in total. The summed E-state index contributed by atoms with van der Waals surface area (Å²) in [6.07, 6.45) is 1.72. The first-order valence-corrected chi connectivity index (χ1v) is 6.21. The molecule has 0 bridgehead atoms. The van der Waals surface area contributed by atoms with Crippen LogP contribution < -0.4 is 5.73 Å². The maximum Gasteiger partial charge on any atom is 0.129 e. The highest BCUT2D eigenvalue weighted by Gasteiger charge is 2.22. The predicted octanol–water partition coefficient (Wildman–Crippen LogP) is 3.42. The average molecular weight is 239 g/mol. The van der Waals surface area contributed by atoms with Gasteiger partial charge >= 0.3 is 0 Å². The quantitative estimate of drug-likeness (QED) is 0.825. The normalized spacial score (nSPS) is 16.5. The number of halogens is 1. The van der Waals surface area contributed by atoms with E-state index in [1.165, 1.54) is 6.07 Å². The summed E-state index contributed by atoms with van der Waals surface area (Å²) in [5.41, 5.74) is 6.44. The van der Waals surface area contributed by atoms with Gasteiger partial charge in [0.05, 0.1) is 6.10 Å². The van der Waals surface area contributed by atoms with Gasteiger partial charge in [0.1, 0.15) is 11.9 Å². The number of hydrogen-bond acceptors (Lipinski definition) is 2. The third kappa shape index (κ3) is 4.10. The van der Waals surface area contributed by atoms with Gasteiger partial charge in [-0.05, 0) is 26.3 Å². The molecule has 1 aromatic carbocycles. The molecule has 0 saturated heterocycles. The van der Waals surface area contributed by atoms with Crippen molar-refractivity contribution >= 4 is 0 Å². The van der Waals surface area contributed by atoms with Gasteiger partial charge in [-0.15, -0.1) is 0 Å². The number of nitrogens with two attached hydrogens (primary N) is 1. The molecule has 1 aromatic rings. The third-order valence-corrected chi connectivity index (χ3v) is 2.76. The van der Waals surface area contributed by atoms with Gasteiger partial charge in [-0.1, -0.05) is 31.5 Å². The zero-order chi connectivity index (χ0) is 12.8. The molecule has 0 amide bonds. The first-order valence-electron chi connectivity index (χ1n) is 6.21. The Morgan fingerprint density at radius 1 is 1.29 bits per heavy atom. The summed E-state index contributed by atoms with van der Waals surface area (Å²) in [4.78, 5) is 0. The van der Waals surface area contributed by atoms with Crippen molar-refractivity contribution in [3.8, 4) is 0 Å². The van der Waals surface area contributed by atoms with E-state index in [0.717, 1.165) is 12.8 Å². The molecule has 0 spiro atoms. The Kier molecular flexibility index (Phi) is 5.59. The van der Waals surface area contributed by atoms with Crippen LogP contribution in [0.15, 0.2) is 24.3 Å². The van der Waals surface area contributed by atoms with Gasteiger partial charge in [-0.25, -0.2) is 4.39 Å². The van der Waals surface area contributed by atoms with E-state index in [4.69, 9.17) is 10.5 Å². The lowest BCUT2D eigenvalue weighted by molar-refractivity contribution is -0.0204. The van der Waals surface area contributed by atoms with Crippen molar-refractivity contribution in [2.24, 2.45) is 5.73 Å². The maximum atomic E-state index is 13.7. The van der Waals surface area contributed by atoms with Crippen molar-refractivity contribution in [2.45, 2.75) is 51.9 Å². The van der Waals surface area contributed by atoms with Gasteiger partial charge in [0, 0.05) is 11.6 Å². The number of benzene rings is 1. The molecule has 3 unspecified atom stereocenters. The van der Waals surface area contributed by atoms with Crippen LogP contribution in [0.3, 0.4) is 0 Å². The fourth-order valence-corrected chi connectivity index (χ4v) is 1.91. The van der Waals surface area contributed by atoms with Gasteiger partial charge in [0.25, 0.3) is 0 Å². The van der Waals surface area contributed by atoms with Crippen LogP contribution in [-0.2, 0) is 4.74 Å². The van der Waals surface area contributed by atoms with Gasteiger partial charge in [-0.2, -0.15) is 0 Å². The molecule has 0 saturated carbocycles. The summed E-state index contributed by atoms with van der Waals surface area (Å²) in [6.45, 7) is 5.94. The average Bonchev–Trinajstić information content (AvgIpc) is 2.27. The van der Waals surface area contributed by atoms with Crippen molar-refractivity contribution in [3.05, 3.63) is 35.6 Å².